The smallest absolute Gasteiger partial charge is 0.318 e. The highest BCUT2D eigenvalue weighted by Gasteiger charge is 2.22. The van der Waals surface area contributed by atoms with Crippen molar-refractivity contribution in [2.24, 2.45) is 0 Å². The van der Waals surface area contributed by atoms with E-state index in [2.05, 4.69) is 16.4 Å². The number of nitrogens with zero attached hydrogens (tertiary/aromatic N) is 2. The topological polar surface area (TPSA) is 54.5 Å². The lowest BCUT2D eigenvalue weighted by molar-refractivity contribution is 0.0796. The summed E-state index contributed by atoms with van der Waals surface area (Å²) in [5.41, 5.74) is 0.994. The van der Waals surface area contributed by atoms with E-state index < -0.39 is 0 Å². The molecule has 0 unspecified atom stereocenters. The van der Waals surface area contributed by atoms with Gasteiger partial charge in [0.1, 0.15) is 0 Å². The van der Waals surface area contributed by atoms with Crippen LogP contribution in [0.5, 0.6) is 0 Å². The summed E-state index contributed by atoms with van der Waals surface area (Å²) in [6.45, 7) is 2.54. The molecule has 5 nitrogen and oxygen atoms in total. The number of pyridine rings is 1. The fraction of sp³-hybridized carbons (Fsp3) is 0.412. The highest BCUT2D eigenvalue weighted by atomic mass is 32.1. The van der Waals surface area contributed by atoms with Crippen LogP contribution in [0, 0.1) is 0 Å². The van der Waals surface area contributed by atoms with Crippen molar-refractivity contribution in [3.05, 3.63) is 52.5 Å². The summed E-state index contributed by atoms with van der Waals surface area (Å²) in [7, 11) is 0. The van der Waals surface area contributed by atoms with E-state index in [1.165, 1.54) is 4.88 Å². The number of hydrogen-bond donors (Lipinski definition) is 1. The van der Waals surface area contributed by atoms with Crippen LogP contribution in [0.3, 0.4) is 0 Å². The van der Waals surface area contributed by atoms with Crippen molar-refractivity contribution < 1.29 is 9.53 Å². The molecule has 1 aliphatic rings. The van der Waals surface area contributed by atoms with Gasteiger partial charge in [-0.05, 0) is 35.9 Å². The Morgan fingerprint density at radius 1 is 1.43 bits per heavy atom. The number of rotatable bonds is 6. The molecule has 0 saturated carbocycles. The molecule has 23 heavy (non-hydrogen) atoms. The van der Waals surface area contributed by atoms with E-state index in [0.29, 0.717) is 19.6 Å². The number of carbonyl (C=O) groups excluding carboxylic acids is 1. The van der Waals surface area contributed by atoms with Crippen molar-refractivity contribution in [3.63, 3.8) is 0 Å². The summed E-state index contributed by atoms with van der Waals surface area (Å²) in [6.07, 6.45) is 5.75. The van der Waals surface area contributed by atoms with E-state index in [1.807, 2.05) is 28.5 Å². The first kappa shape index (κ1) is 16.0. The summed E-state index contributed by atoms with van der Waals surface area (Å²) in [5, 5.41) is 5.02. The van der Waals surface area contributed by atoms with Gasteiger partial charge in [0.05, 0.1) is 12.6 Å². The molecule has 6 heteroatoms. The van der Waals surface area contributed by atoms with Gasteiger partial charge >= 0.3 is 6.03 Å². The average Bonchev–Trinajstić information content (AvgIpc) is 3.27. The zero-order valence-corrected chi connectivity index (χ0v) is 13.8. The maximum Gasteiger partial charge on any atom is 0.318 e. The van der Waals surface area contributed by atoms with E-state index in [4.69, 9.17) is 4.74 Å². The second-order valence-electron chi connectivity index (χ2n) is 5.61. The van der Waals surface area contributed by atoms with Crippen molar-refractivity contribution in [3.8, 4) is 0 Å². The Labute approximate surface area is 140 Å². The van der Waals surface area contributed by atoms with Crippen molar-refractivity contribution in [1.82, 2.24) is 15.2 Å². The number of thiophene rings is 1. The number of amides is 2. The molecule has 3 heterocycles. The molecule has 1 N–H and O–H groups in total. The summed E-state index contributed by atoms with van der Waals surface area (Å²) in [5.74, 6) is 0. The zero-order valence-electron chi connectivity index (χ0n) is 13.0. The Kier molecular flexibility index (Phi) is 5.60. The van der Waals surface area contributed by atoms with Crippen LogP contribution in [-0.4, -0.2) is 35.2 Å². The number of nitrogens with one attached hydrogen (secondary N) is 1. The number of ether oxygens (including phenoxy) is 1. The lowest BCUT2D eigenvalue weighted by Gasteiger charge is -2.25. The third-order valence-corrected chi connectivity index (χ3v) is 4.69. The summed E-state index contributed by atoms with van der Waals surface area (Å²) < 4.78 is 5.69. The van der Waals surface area contributed by atoms with Crippen LogP contribution in [0.1, 0.15) is 23.3 Å². The molecular formula is C17H21N3O2S. The van der Waals surface area contributed by atoms with Crippen LogP contribution in [0.25, 0.3) is 0 Å². The SMILES string of the molecule is O=C(NCc1cccnc1)N(Cc1cccs1)C[C@H]1CCCO1. The second kappa shape index (κ2) is 8.08. The Hall–Kier alpha value is -1.92. The molecule has 3 rings (SSSR count). The molecule has 2 aromatic rings. The third kappa shape index (κ3) is 4.77. The van der Waals surface area contributed by atoms with Gasteiger partial charge in [0.2, 0.25) is 0 Å². The summed E-state index contributed by atoms with van der Waals surface area (Å²) in [6, 6.07) is 7.84. The Bertz CT molecular complexity index is 598. The van der Waals surface area contributed by atoms with E-state index in [0.717, 1.165) is 25.0 Å². The Morgan fingerprint density at radius 2 is 2.39 bits per heavy atom. The fourth-order valence-corrected chi connectivity index (χ4v) is 3.36. The van der Waals surface area contributed by atoms with Crippen LogP contribution in [0.15, 0.2) is 42.0 Å². The molecule has 1 saturated heterocycles. The van der Waals surface area contributed by atoms with Crippen LogP contribution < -0.4 is 5.32 Å². The first-order chi connectivity index (χ1) is 11.3. The largest absolute Gasteiger partial charge is 0.376 e. The highest BCUT2D eigenvalue weighted by Crippen LogP contribution is 2.17. The molecule has 122 valence electrons. The minimum absolute atomic E-state index is 0.0576. The molecule has 0 spiro atoms. The number of aromatic nitrogens is 1. The van der Waals surface area contributed by atoms with E-state index in [-0.39, 0.29) is 12.1 Å². The predicted octanol–water partition coefficient (Wildman–Crippen LogP) is 3.03. The van der Waals surface area contributed by atoms with E-state index >= 15 is 0 Å². The lowest BCUT2D eigenvalue weighted by Crippen LogP contribution is -2.42. The predicted molar refractivity (Wildman–Crippen MR) is 90.2 cm³/mol. The van der Waals surface area contributed by atoms with Gasteiger partial charge in [-0.1, -0.05) is 12.1 Å². The maximum absolute atomic E-state index is 12.6. The molecule has 1 atom stereocenters. The van der Waals surface area contributed by atoms with Crippen LogP contribution >= 0.6 is 11.3 Å². The third-order valence-electron chi connectivity index (χ3n) is 3.83. The summed E-state index contributed by atoms with van der Waals surface area (Å²) in [4.78, 5) is 19.7. The van der Waals surface area contributed by atoms with Gasteiger partial charge in [0.25, 0.3) is 0 Å². The van der Waals surface area contributed by atoms with Crippen LogP contribution in [-0.2, 0) is 17.8 Å². The quantitative estimate of drug-likeness (QED) is 0.885. The van der Waals surface area contributed by atoms with Crippen molar-refractivity contribution in [2.45, 2.75) is 32.0 Å². The lowest BCUT2D eigenvalue weighted by atomic mass is 10.2. The standard InChI is InChI=1S/C17H21N3O2S/c21-17(19-11-14-4-1-7-18-10-14)20(12-15-5-2-8-22-15)13-16-6-3-9-23-16/h1,3-4,6-7,9-10,15H,2,5,8,11-13H2,(H,19,21)/t15-/m1/s1. The Balaban J connectivity index is 1.59. The van der Waals surface area contributed by atoms with Gasteiger partial charge in [-0.25, -0.2) is 4.79 Å². The number of carbonyl (C=O) groups is 1. The van der Waals surface area contributed by atoms with Crippen LogP contribution in [0.2, 0.25) is 0 Å². The monoisotopic (exact) mass is 331 g/mol. The first-order valence-corrected chi connectivity index (χ1v) is 8.75. The molecule has 1 fully saturated rings. The minimum atomic E-state index is -0.0576. The normalized spacial score (nSPS) is 17.1. The molecule has 0 aliphatic carbocycles. The minimum Gasteiger partial charge on any atom is -0.376 e. The van der Waals surface area contributed by atoms with Gasteiger partial charge in [0, 0.05) is 37.0 Å². The fourth-order valence-electron chi connectivity index (χ4n) is 2.64. The maximum atomic E-state index is 12.6. The van der Waals surface area contributed by atoms with Gasteiger partial charge < -0.3 is 15.0 Å². The molecule has 0 bridgehead atoms. The Morgan fingerprint density at radius 3 is 3.09 bits per heavy atom. The molecular weight excluding hydrogens is 310 g/mol. The summed E-state index contributed by atoms with van der Waals surface area (Å²) >= 11 is 1.67. The molecule has 0 radical (unpaired) electrons. The van der Waals surface area contributed by atoms with E-state index in [9.17, 15) is 4.79 Å². The molecule has 1 aliphatic heterocycles. The molecule has 0 aromatic carbocycles. The van der Waals surface area contributed by atoms with Crippen molar-refractivity contribution >= 4 is 17.4 Å². The molecule has 2 aromatic heterocycles. The highest BCUT2D eigenvalue weighted by molar-refractivity contribution is 7.09. The zero-order chi connectivity index (χ0) is 15.9. The van der Waals surface area contributed by atoms with Crippen molar-refractivity contribution in [2.75, 3.05) is 13.2 Å². The van der Waals surface area contributed by atoms with Crippen LogP contribution in [0.4, 0.5) is 4.79 Å². The van der Waals surface area contributed by atoms with Gasteiger partial charge in [-0.15, -0.1) is 11.3 Å². The molecule has 2 amide bonds. The first-order valence-electron chi connectivity index (χ1n) is 7.87. The second-order valence-corrected chi connectivity index (χ2v) is 6.65. The average molecular weight is 331 g/mol. The van der Waals surface area contributed by atoms with E-state index in [1.54, 1.807) is 23.7 Å². The number of urea groups is 1. The van der Waals surface area contributed by atoms with Gasteiger partial charge in [-0.2, -0.15) is 0 Å². The van der Waals surface area contributed by atoms with Crippen molar-refractivity contribution in [1.29, 1.82) is 0 Å². The van der Waals surface area contributed by atoms with Gasteiger partial charge in [-0.3, -0.25) is 4.98 Å². The van der Waals surface area contributed by atoms with Gasteiger partial charge in [0.15, 0.2) is 0 Å². The number of hydrogen-bond acceptors (Lipinski definition) is 4.